The summed E-state index contributed by atoms with van der Waals surface area (Å²) in [6.45, 7) is 3.06. The van der Waals surface area contributed by atoms with Crippen LogP contribution in [0, 0.1) is 6.92 Å². The minimum atomic E-state index is -0.616. The zero-order chi connectivity index (χ0) is 15.8. The molecule has 0 radical (unpaired) electrons. The van der Waals surface area contributed by atoms with Gasteiger partial charge in [-0.2, -0.15) is 0 Å². The molecule has 1 rings (SSSR count). The van der Waals surface area contributed by atoms with E-state index in [2.05, 4.69) is 10.3 Å². The largest absolute Gasteiger partial charge is 0.452 e. The van der Waals surface area contributed by atoms with Crippen molar-refractivity contribution in [3.8, 4) is 0 Å². The van der Waals surface area contributed by atoms with Crippen molar-refractivity contribution < 1.29 is 14.3 Å². The number of pyridine rings is 1. The fraction of sp³-hybridized carbons (Fsp3) is 0.214. The quantitative estimate of drug-likeness (QED) is 0.511. The van der Waals surface area contributed by atoms with Crippen LogP contribution in [0.3, 0.4) is 0 Å². The molecule has 0 aliphatic rings. The molecule has 0 aliphatic carbocycles. The van der Waals surface area contributed by atoms with Crippen LogP contribution in [0.4, 0.5) is 5.82 Å². The zero-order valence-corrected chi connectivity index (χ0v) is 13.0. The van der Waals surface area contributed by atoms with Crippen molar-refractivity contribution in [1.29, 1.82) is 0 Å². The molecule has 1 N–H and O–H groups in total. The highest BCUT2D eigenvalue weighted by Gasteiger charge is 2.11. The summed E-state index contributed by atoms with van der Waals surface area (Å²) in [5, 5.41) is 3.05. The highest BCUT2D eigenvalue weighted by molar-refractivity contribution is 6.36. The lowest BCUT2D eigenvalue weighted by atomic mass is 10.3. The Morgan fingerprint density at radius 2 is 2.05 bits per heavy atom. The van der Waals surface area contributed by atoms with Gasteiger partial charge in [0.1, 0.15) is 0 Å². The van der Waals surface area contributed by atoms with E-state index in [0.717, 1.165) is 0 Å². The number of hydrogen-bond acceptors (Lipinski definition) is 4. The first kappa shape index (κ1) is 17.2. The summed E-state index contributed by atoms with van der Waals surface area (Å²) in [4.78, 5) is 26.9. The monoisotopic (exact) mass is 328 g/mol. The number of carbonyl (C=O) groups excluding carboxylic acids is 2. The number of amides is 1. The van der Waals surface area contributed by atoms with Crippen LogP contribution < -0.4 is 5.32 Å². The number of nitrogens with zero attached hydrogens (tertiary/aromatic N) is 1. The lowest BCUT2D eigenvalue weighted by Gasteiger charge is -2.08. The average Bonchev–Trinajstić information content (AvgIpc) is 2.43. The Hall–Kier alpha value is -1.85. The Morgan fingerprint density at radius 3 is 2.71 bits per heavy atom. The summed E-state index contributed by atoms with van der Waals surface area (Å²) in [6, 6.07) is 1.48. The maximum atomic E-state index is 11.6. The van der Waals surface area contributed by atoms with E-state index in [1.165, 1.54) is 18.2 Å². The van der Waals surface area contributed by atoms with E-state index in [9.17, 15) is 9.59 Å². The van der Waals surface area contributed by atoms with Crippen molar-refractivity contribution in [3.63, 3.8) is 0 Å². The van der Waals surface area contributed by atoms with Gasteiger partial charge in [0.15, 0.2) is 12.4 Å². The van der Waals surface area contributed by atoms with Crippen LogP contribution in [0.1, 0.15) is 12.6 Å². The second-order valence-electron chi connectivity index (χ2n) is 3.93. The van der Waals surface area contributed by atoms with E-state index in [1.807, 2.05) is 6.92 Å². The molecule has 0 saturated heterocycles. The maximum absolute atomic E-state index is 11.6. The number of hydrogen-bond donors (Lipinski definition) is 1. The number of esters is 1. The van der Waals surface area contributed by atoms with Gasteiger partial charge in [-0.15, -0.1) is 0 Å². The van der Waals surface area contributed by atoms with Gasteiger partial charge in [-0.25, -0.2) is 9.78 Å². The predicted octanol–water partition coefficient (Wildman–Crippen LogP) is 3.31. The molecule has 5 nitrogen and oxygen atoms in total. The molecule has 1 amide bonds. The van der Waals surface area contributed by atoms with Crippen LogP contribution in [0.2, 0.25) is 10.0 Å². The third-order valence-electron chi connectivity index (χ3n) is 2.24. The molecule has 0 saturated carbocycles. The topological polar surface area (TPSA) is 68.3 Å². The first-order chi connectivity index (χ1) is 9.93. The summed E-state index contributed by atoms with van der Waals surface area (Å²) < 4.78 is 4.75. The van der Waals surface area contributed by atoms with Crippen LogP contribution >= 0.6 is 23.2 Å². The zero-order valence-electron chi connectivity index (χ0n) is 11.5. The van der Waals surface area contributed by atoms with Crippen LogP contribution in [-0.4, -0.2) is 23.5 Å². The lowest BCUT2D eigenvalue weighted by Crippen LogP contribution is -2.21. The molecule has 0 aromatic carbocycles. The molecule has 0 spiro atoms. The molecule has 7 heteroatoms. The number of carbonyl (C=O) groups is 2. The average molecular weight is 329 g/mol. The molecule has 1 heterocycles. The number of aromatic nitrogens is 1. The molecule has 21 heavy (non-hydrogen) atoms. The third-order valence-corrected chi connectivity index (χ3v) is 2.91. The van der Waals surface area contributed by atoms with Gasteiger partial charge < -0.3 is 10.1 Å². The smallest absolute Gasteiger partial charge is 0.331 e. The third kappa shape index (κ3) is 5.97. The Kier molecular flexibility index (Phi) is 6.91. The van der Waals surface area contributed by atoms with Crippen LogP contribution in [0.15, 0.2) is 30.4 Å². The van der Waals surface area contributed by atoms with Crippen molar-refractivity contribution >= 4 is 40.9 Å². The van der Waals surface area contributed by atoms with E-state index in [1.54, 1.807) is 19.1 Å². The molecular formula is C14H14Cl2N2O3. The summed E-state index contributed by atoms with van der Waals surface area (Å²) >= 11 is 11.7. The number of rotatable bonds is 5. The standard InChI is InChI=1S/C14H14Cl2N2O3/c1-3-4-5-6-13(20)21-8-12(19)18-14-11(16)7-10(15)9(2)17-14/h3-7H,8H2,1-2H3,(H,17,18,19)/b4-3+,6-5+. The number of nitrogens with one attached hydrogen (secondary N) is 1. The van der Waals surface area contributed by atoms with Gasteiger partial charge in [-0.1, -0.05) is 41.4 Å². The van der Waals surface area contributed by atoms with Crippen LogP contribution in [-0.2, 0) is 14.3 Å². The lowest BCUT2D eigenvalue weighted by molar-refractivity contribution is -0.142. The minimum Gasteiger partial charge on any atom is -0.452 e. The molecule has 1 aromatic rings. The number of anilines is 1. The number of allylic oxidation sites excluding steroid dienone is 3. The first-order valence-corrected chi connectivity index (χ1v) is 6.78. The van der Waals surface area contributed by atoms with Gasteiger partial charge in [0.2, 0.25) is 0 Å². The van der Waals surface area contributed by atoms with Gasteiger partial charge in [0.05, 0.1) is 15.7 Å². The van der Waals surface area contributed by atoms with E-state index in [0.29, 0.717) is 10.7 Å². The van der Waals surface area contributed by atoms with Gasteiger partial charge in [0, 0.05) is 6.08 Å². The normalized spacial score (nSPS) is 11.0. The number of ether oxygens (including phenoxy) is 1. The Morgan fingerprint density at radius 1 is 1.33 bits per heavy atom. The predicted molar refractivity (Wildman–Crippen MR) is 82.5 cm³/mol. The fourth-order valence-corrected chi connectivity index (χ4v) is 1.65. The summed E-state index contributed by atoms with van der Waals surface area (Å²) in [6.07, 6.45) is 6.15. The summed E-state index contributed by atoms with van der Waals surface area (Å²) in [7, 11) is 0. The second-order valence-corrected chi connectivity index (χ2v) is 4.74. The molecule has 0 unspecified atom stereocenters. The molecular weight excluding hydrogens is 315 g/mol. The Labute approximate surface area is 132 Å². The minimum absolute atomic E-state index is 0.170. The Balaban J connectivity index is 2.55. The first-order valence-electron chi connectivity index (χ1n) is 6.02. The van der Waals surface area contributed by atoms with Gasteiger partial charge in [-0.05, 0) is 19.9 Å². The molecule has 1 aromatic heterocycles. The van der Waals surface area contributed by atoms with Crippen LogP contribution in [0.5, 0.6) is 0 Å². The fourth-order valence-electron chi connectivity index (χ4n) is 1.24. The van der Waals surface area contributed by atoms with Crippen molar-refractivity contribution in [2.24, 2.45) is 0 Å². The SMILES string of the molecule is C/C=C/C=C/C(=O)OCC(=O)Nc1nc(C)c(Cl)cc1Cl. The van der Waals surface area contributed by atoms with E-state index in [-0.39, 0.29) is 10.8 Å². The molecule has 0 aliphatic heterocycles. The maximum Gasteiger partial charge on any atom is 0.331 e. The summed E-state index contributed by atoms with van der Waals surface area (Å²) in [5.41, 5.74) is 0.530. The Bertz CT molecular complexity index is 598. The summed E-state index contributed by atoms with van der Waals surface area (Å²) in [5.74, 6) is -0.988. The molecule has 0 atom stereocenters. The molecule has 0 bridgehead atoms. The van der Waals surface area contributed by atoms with Crippen molar-refractivity contribution in [2.45, 2.75) is 13.8 Å². The highest BCUT2D eigenvalue weighted by Crippen LogP contribution is 2.25. The number of aryl methyl sites for hydroxylation is 1. The second kappa shape index (κ2) is 8.44. The van der Waals surface area contributed by atoms with E-state index >= 15 is 0 Å². The van der Waals surface area contributed by atoms with Crippen molar-refractivity contribution in [3.05, 3.63) is 46.1 Å². The van der Waals surface area contributed by atoms with Gasteiger partial charge in [0.25, 0.3) is 5.91 Å². The van der Waals surface area contributed by atoms with E-state index < -0.39 is 18.5 Å². The van der Waals surface area contributed by atoms with Gasteiger partial charge >= 0.3 is 5.97 Å². The molecule has 112 valence electrons. The molecule has 0 fully saturated rings. The van der Waals surface area contributed by atoms with Crippen molar-refractivity contribution in [2.75, 3.05) is 11.9 Å². The number of halogens is 2. The van der Waals surface area contributed by atoms with Crippen molar-refractivity contribution in [1.82, 2.24) is 4.98 Å². The van der Waals surface area contributed by atoms with Gasteiger partial charge in [-0.3, -0.25) is 4.79 Å². The highest BCUT2D eigenvalue weighted by atomic mass is 35.5. The van der Waals surface area contributed by atoms with Crippen LogP contribution in [0.25, 0.3) is 0 Å². The van der Waals surface area contributed by atoms with E-state index in [4.69, 9.17) is 27.9 Å².